The second-order valence-electron chi connectivity index (χ2n) is 3.02. The molecule has 0 atom stereocenters. The van der Waals surface area contributed by atoms with Crippen molar-refractivity contribution in [2.75, 3.05) is 12.4 Å². The Labute approximate surface area is 76.0 Å². The maximum atomic E-state index is 12.9. The molecule has 0 fully saturated rings. The number of nitrogens with zero attached hydrogens (tertiary/aromatic N) is 1. The summed E-state index contributed by atoms with van der Waals surface area (Å²) in [5.74, 6) is -2.34. The highest BCUT2D eigenvalue weighted by molar-refractivity contribution is 5.40. The Morgan fingerprint density at radius 3 is 2.46 bits per heavy atom. The lowest BCUT2D eigenvalue weighted by Gasteiger charge is -2.12. The van der Waals surface area contributed by atoms with Gasteiger partial charge in [0.15, 0.2) is 0 Å². The minimum Gasteiger partial charge on any atom is -0.373 e. The van der Waals surface area contributed by atoms with Gasteiger partial charge in [0.05, 0.1) is 0 Å². The maximum Gasteiger partial charge on any atom is 0.270 e. The Kier molecular flexibility index (Phi) is 2.50. The molecule has 1 heterocycles. The van der Waals surface area contributed by atoms with Crippen molar-refractivity contribution in [1.29, 1.82) is 0 Å². The predicted molar refractivity (Wildman–Crippen MR) is 48.1 cm³/mol. The molecule has 0 radical (unpaired) electrons. The highest BCUT2D eigenvalue weighted by atomic mass is 19.3. The van der Waals surface area contributed by atoms with Crippen molar-refractivity contribution >= 4 is 5.82 Å². The molecule has 0 saturated heterocycles. The van der Waals surface area contributed by atoms with Gasteiger partial charge in [0.1, 0.15) is 5.82 Å². The van der Waals surface area contributed by atoms with Gasteiger partial charge in [-0.1, -0.05) is 0 Å². The van der Waals surface area contributed by atoms with E-state index < -0.39 is 5.92 Å². The third-order valence-electron chi connectivity index (χ3n) is 1.72. The van der Waals surface area contributed by atoms with E-state index in [1.165, 1.54) is 12.1 Å². The average Bonchev–Trinajstić information content (AvgIpc) is 2.01. The summed E-state index contributed by atoms with van der Waals surface area (Å²) < 4.78 is 25.8. The van der Waals surface area contributed by atoms with Gasteiger partial charge in [-0.15, -0.1) is 0 Å². The van der Waals surface area contributed by atoms with Crippen LogP contribution in [0.2, 0.25) is 0 Å². The standard InChI is InChI=1S/C9H12F2N2/c1-6-4-7(9(2,10)11)5-8(12-3)13-6/h4-5H,1-3H3,(H,12,13). The minimum atomic E-state index is -2.81. The molecular formula is C9H12F2N2. The normalized spacial score (nSPS) is 11.5. The predicted octanol–water partition coefficient (Wildman–Crippen LogP) is 2.54. The van der Waals surface area contributed by atoms with Gasteiger partial charge >= 0.3 is 0 Å². The Hall–Kier alpha value is -1.19. The van der Waals surface area contributed by atoms with Gasteiger partial charge in [-0.05, 0) is 19.1 Å². The lowest BCUT2D eigenvalue weighted by atomic mass is 10.1. The maximum absolute atomic E-state index is 12.9. The molecule has 0 bridgehead atoms. The fourth-order valence-corrected chi connectivity index (χ4v) is 1.05. The highest BCUT2D eigenvalue weighted by Crippen LogP contribution is 2.28. The SMILES string of the molecule is CNc1cc(C(C)(F)F)cc(C)n1. The number of rotatable bonds is 2. The molecule has 0 saturated carbocycles. The first-order valence-electron chi connectivity index (χ1n) is 3.98. The topological polar surface area (TPSA) is 24.9 Å². The van der Waals surface area contributed by atoms with Crippen LogP contribution < -0.4 is 5.32 Å². The van der Waals surface area contributed by atoms with Gasteiger partial charge < -0.3 is 5.32 Å². The van der Waals surface area contributed by atoms with E-state index in [2.05, 4.69) is 10.3 Å². The number of nitrogens with one attached hydrogen (secondary N) is 1. The molecule has 1 aromatic rings. The first-order chi connectivity index (χ1) is 5.93. The number of aromatic nitrogens is 1. The Balaban J connectivity index is 3.16. The lowest BCUT2D eigenvalue weighted by Crippen LogP contribution is -2.09. The van der Waals surface area contributed by atoms with E-state index in [4.69, 9.17) is 0 Å². The number of halogens is 2. The smallest absolute Gasteiger partial charge is 0.270 e. The molecule has 0 aliphatic carbocycles. The van der Waals surface area contributed by atoms with E-state index >= 15 is 0 Å². The van der Waals surface area contributed by atoms with Crippen LogP contribution >= 0.6 is 0 Å². The molecule has 0 amide bonds. The number of anilines is 1. The lowest BCUT2D eigenvalue weighted by molar-refractivity contribution is 0.0174. The Morgan fingerprint density at radius 1 is 1.38 bits per heavy atom. The molecule has 0 aromatic carbocycles. The summed E-state index contributed by atoms with van der Waals surface area (Å²) in [6, 6.07) is 2.74. The quantitative estimate of drug-likeness (QED) is 0.767. The zero-order chi connectivity index (χ0) is 10.1. The molecule has 0 spiro atoms. The number of alkyl halides is 2. The fourth-order valence-electron chi connectivity index (χ4n) is 1.05. The zero-order valence-electron chi connectivity index (χ0n) is 7.86. The van der Waals surface area contributed by atoms with E-state index in [1.54, 1.807) is 14.0 Å². The highest BCUT2D eigenvalue weighted by Gasteiger charge is 2.24. The van der Waals surface area contributed by atoms with E-state index in [0.29, 0.717) is 11.5 Å². The van der Waals surface area contributed by atoms with Crippen molar-refractivity contribution in [2.45, 2.75) is 19.8 Å². The van der Waals surface area contributed by atoms with Crippen molar-refractivity contribution in [3.8, 4) is 0 Å². The van der Waals surface area contributed by atoms with Crippen molar-refractivity contribution in [3.05, 3.63) is 23.4 Å². The number of hydrogen-bond acceptors (Lipinski definition) is 2. The van der Waals surface area contributed by atoms with E-state index in [0.717, 1.165) is 6.92 Å². The summed E-state index contributed by atoms with van der Waals surface area (Å²) in [6.45, 7) is 2.57. The monoisotopic (exact) mass is 186 g/mol. The largest absolute Gasteiger partial charge is 0.373 e. The molecular weight excluding hydrogens is 174 g/mol. The molecule has 0 unspecified atom stereocenters. The third-order valence-corrected chi connectivity index (χ3v) is 1.72. The van der Waals surface area contributed by atoms with Crippen LogP contribution in [0.5, 0.6) is 0 Å². The number of hydrogen-bond donors (Lipinski definition) is 1. The summed E-state index contributed by atoms with van der Waals surface area (Å²) >= 11 is 0. The van der Waals surface area contributed by atoms with Crippen LogP contribution in [0.3, 0.4) is 0 Å². The summed E-state index contributed by atoms with van der Waals surface area (Å²) in [6.07, 6.45) is 0. The van der Waals surface area contributed by atoms with Crippen LogP contribution in [-0.2, 0) is 5.92 Å². The first kappa shape index (κ1) is 9.89. The molecule has 1 rings (SSSR count). The summed E-state index contributed by atoms with van der Waals surface area (Å²) in [5, 5.41) is 2.74. The van der Waals surface area contributed by atoms with Gasteiger partial charge in [-0.3, -0.25) is 0 Å². The molecule has 0 aliphatic heterocycles. The summed E-state index contributed by atoms with van der Waals surface area (Å²) in [4.78, 5) is 4.02. The average molecular weight is 186 g/mol. The fraction of sp³-hybridized carbons (Fsp3) is 0.444. The number of aryl methyl sites for hydroxylation is 1. The molecule has 1 aromatic heterocycles. The molecule has 13 heavy (non-hydrogen) atoms. The molecule has 1 N–H and O–H groups in total. The molecule has 4 heteroatoms. The van der Waals surface area contributed by atoms with E-state index in [-0.39, 0.29) is 5.56 Å². The minimum absolute atomic E-state index is 0.00986. The van der Waals surface area contributed by atoms with Gasteiger partial charge in [0, 0.05) is 25.2 Å². The van der Waals surface area contributed by atoms with Crippen molar-refractivity contribution in [3.63, 3.8) is 0 Å². The van der Waals surface area contributed by atoms with Crippen LogP contribution in [-0.4, -0.2) is 12.0 Å². The van der Waals surface area contributed by atoms with Crippen molar-refractivity contribution < 1.29 is 8.78 Å². The second-order valence-corrected chi connectivity index (χ2v) is 3.02. The van der Waals surface area contributed by atoms with Crippen LogP contribution in [0.4, 0.5) is 14.6 Å². The van der Waals surface area contributed by atoms with E-state index in [1.807, 2.05) is 0 Å². The van der Waals surface area contributed by atoms with Gasteiger partial charge in [-0.25, -0.2) is 13.8 Å². The number of pyridine rings is 1. The van der Waals surface area contributed by atoms with Crippen LogP contribution in [0.1, 0.15) is 18.2 Å². The van der Waals surface area contributed by atoms with Crippen LogP contribution in [0.15, 0.2) is 12.1 Å². The Morgan fingerprint density at radius 2 is 2.00 bits per heavy atom. The molecule has 0 aliphatic rings. The first-order valence-corrected chi connectivity index (χ1v) is 3.98. The van der Waals surface area contributed by atoms with Crippen LogP contribution in [0, 0.1) is 6.92 Å². The second kappa shape index (κ2) is 3.28. The zero-order valence-corrected chi connectivity index (χ0v) is 7.86. The summed E-state index contributed by atoms with van der Waals surface area (Å²) in [5.41, 5.74) is 0.577. The molecule has 72 valence electrons. The third kappa shape index (κ3) is 2.37. The van der Waals surface area contributed by atoms with Gasteiger partial charge in [0.25, 0.3) is 5.92 Å². The van der Waals surface area contributed by atoms with Gasteiger partial charge in [-0.2, -0.15) is 0 Å². The van der Waals surface area contributed by atoms with Gasteiger partial charge in [0.2, 0.25) is 0 Å². The summed E-state index contributed by atoms with van der Waals surface area (Å²) in [7, 11) is 1.65. The Bertz CT molecular complexity index is 305. The van der Waals surface area contributed by atoms with Crippen molar-refractivity contribution in [1.82, 2.24) is 4.98 Å². The molecule has 2 nitrogen and oxygen atoms in total. The van der Waals surface area contributed by atoms with Crippen LogP contribution in [0.25, 0.3) is 0 Å². The van der Waals surface area contributed by atoms with E-state index in [9.17, 15) is 8.78 Å². The van der Waals surface area contributed by atoms with Crippen molar-refractivity contribution in [2.24, 2.45) is 0 Å².